The van der Waals surface area contributed by atoms with Gasteiger partial charge in [0.15, 0.2) is 0 Å². The highest BCUT2D eigenvalue weighted by Gasteiger charge is 2.11. The molecule has 2 aromatic carbocycles. The fourth-order valence-corrected chi connectivity index (χ4v) is 2.46. The van der Waals surface area contributed by atoms with Crippen LogP contribution in [0.2, 0.25) is 0 Å². The largest absolute Gasteiger partial charge is 0.491 e. The van der Waals surface area contributed by atoms with Crippen molar-refractivity contribution >= 4 is 0 Å². The molecule has 0 fully saturated rings. The van der Waals surface area contributed by atoms with Gasteiger partial charge in [-0.1, -0.05) is 12.1 Å². The van der Waals surface area contributed by atoms with Crippen molar-refractivity contribution < 1.29 is 14.6 Å². The number of aliphatic hydroxyl groups excluding tert-OH is 1. The summed E-state index contributed by atoms with van der Waals surface area (Å²) in [6, 6.07) is 14.9. The summed E-state index contributed by atoms with van der Waals surface area (Å²) in [4.78, 5) is 0. The molecule has 0 heterocycles. The lowest BCUT2D eigenvalue weighted by Gasteiger charge is -2.16. The molecule has 2 aromatic rings. The van der Waals surface area contributed by atoms with Gasteiger partial charge in [0.1, 0.15) is 30.8 Å². The van der Waals surface area contributed by atoms with Gasteiger partial charge in [-0.05, 0) is 54.8 Å². The van der Waals surface area contributed by atoms with Crippen LogP contribution < -0.4 is 9.47 Å². The minimum atomic E-state index is -0.784. The third-order valence-electron chi connectivity index (χ3n) is 3.66. The molecule has 0 radical (unpaired) electrons. The van der Waals surface area contributed by atoms with Gasteiger partial charge in [-0.2, -0.15) is 10.5 Å². The van der Waals surface area contributed by atoms with Crippen LogP contribution in [0.4, 0.5) is 0 Å². The van der Waals surface area contributed by atoms with Gasteiger partial charge in [0.25, 0.3) is 0 Å². The SMILES string of the molecule is Cc1cc(C#N)cc(C)c1OCC(O)COc1ccc(CC#N)cc1. The molecular weight excluding hydrogens is 316 g/mol. The molecule has 0 amide bonds. The van der Waals surface area contributed by atoms with E-state index >= 15 is 0 Å². The minimum Gasteiger partial charge on any atom is -0.491 e. The van der Waals surface area contributed by atoms with Crippen molar-refractivity contribution in [3.63, 3.8) is 0 Å². The maximum absolute atomic E-state index is 10.0. The van der Waals surface area contributed by atoms with Crippen molar-refractivity contribution in [3.8, 4) is 23.6 Å². The highest BCUT2D eigenvalue weighted by Crippen LogP contribution is 2.24. The van der Waals surface area contributed by atoms with E-state index < -0.39 is 6.10 Å². The number of hydrogen-bond donors (Lipinski definition) is 1. The van der Waals surface area contributed by atoms with Gasteiger partial charge in [-0.3, -0.25) is 0 Å². The van der Waals surface area contributed by atoms with Gasteiger partial charge < -0.3 is 14.6 Å². The summed E-state index contributed by atoms with van der Waals surface area (Å²) in [5, 5.41) is 27.6. The summed E-state index contributed by atoms with van der Waals surface area (Å²) in [7, 11) is 0. The zero-order valence-corrected chi connectivity index (χ0v) is 14.3. The molecule has 0 saturated carbocycles. The number of hydrogen-bond acceptors (Lipinski definition) is 5. The number of ether oxygens (including phenoxy) is 2. The number of rotatable bonds is 7. The van der Waals surface area contributed by atoms with E-state index in [0.29, 0.717) is 23.5 Å². The van der Waals surface area contributed by atoms with E-state index in [1.165, 1.54) is 0 Å². The number of nitrogens with zero attached hydrogens (tertiary/aromatic N) is 2. The van der Waals surface area contributed by atoms with Gasteiger partial charge in [-0.25, -0.2) is 0 Å². The fraction of sp³-hybridized carbons (Fsp3) is 0.300. The van der Waals surface area contributed by atoms with Gasteiger partial charge >= 0.3 is 0 Å². The molecule has 1 unspecified atom stereocenters. The Bertz CT molecular complexity index is 778. The normalized spacial score (nSPS) is 11.2. The Morgan fingerprint density at radius 1 is 1.00 bits per heavy atom. The van der Waals surface area contributed by atoms with Gasteiger partial charge in [0, 0.05) is 0 Å². The second-order valence-corrected chi connectivity index (χ2v) is 5.81. The maximum Gasteiger partial charge on any atom is 0.125 e. The highest BCUT2D eigenvalue weighted by molar-refractivity contribution is 5.47. The van der Waals surface area contributed by atoms with Crippen LogP contribution in [0.1, 0.15) is 22.3 Å². The molecule has 0 aliphatic carbocycles. The lowest BCUT2D eigenvalue weighted by molar-refractivity contribution is 0.0622. The van der Waals surface area contributed by atoms with Crippen molar-refractivity contribution in [2.75, 3.05) is 13.2 Å². The Labute approximate surface area is 147 Å². The molecule has 25 heavy (non-hydrogen) atoms. The average molecular weight is 336 g/mol. The van der Waals surface area contributed by atoms with Crippen LogP contribution >= 0.6 is 0 Å². The van der Waals surface area contributed by atoms with Crippen molar-refractivity contribution in [2.24, 2.45) is 0 Å². The van der Waals surface area contributed by atoms with E-state index in [1.54, 1.807) is 24.3 Å². The van der Waals surface area contributed by atoms with E-state index in [1.807, 2.05) is 26.0 Å². The Balaban J connectivity index is 1.86. The Kier molecular flexibility index (Phi) is 6.39. The Hall–Kier alpha value is -3.02. The third-order valence-corrected chi connectivity index (χ3v) is 3.66. The van der Waals surface area contributed by atoms with Gasteiger partial charge in [0.2, 0.25) is 0 Å². The van der Waals surface area contributed by atoms with Crippen molar-refractivity contribution in [3.05, 3.63) is 58.7 Å². The number of benzene rings is 2. The number of aryl methyl sites for hydroxylation is 2. The second-order valence-electron chi connectivity index (χ2n) is 5.81. The summed E-state index contributed by atoms with van der Waals surface area (Å²) in [5.41, 5.74) is 3.23. The van der Waals surface area contributed by atoms with Crippen LogP contribution in [-0.4, -0.2) is 24.4 Å². The molecule has 5 heteroatoms. The zero-order valence-electron chi connectivity index (χ0n) is 14.3. The van der Waals surface area contributed by atoms with E-state index in [0.717, 1.165) is 16.7 Å². The molecule has 0 bridgehead atoms. The van der Waals surface area contributed by atoms with Crippen LogP contribution in [0.25, 0.3) is 0 Å². The zero-order chi connectivity index (χ0) is 18.2. The molecule has 128 valence electrons. The number of aliphatic hydroxyl groups is 1. The topological polar surface area (TPSA) is 86.3 Å². The van der Waals surface area contributed by atoms with Crippen LogP contribution in [0.5, 0.6) is 11.5 Å². The smallest absolute Gasteiger partial charge is 0.125 e. The van der Waals surface area contributed by atoms with E-state index in [4.69, 9.17) is 20.0 Å². The minimum absolute atomic E-state index is 0.0973. The first-order chi connectivity index (χ1) is 12.0. The molecule has 0 saturated heterocycles. The van der Waals surface area contributed by atoms with Crippen LogP contribution in [-0.2, 0) is 6.42 Å². The molecule has 2 rings (SSSR count). The standard InChI is InChI=1S/C20H20N2O3/c1-14-9-17(11-22)10-15(2)20(14)25-13-18(23)12-24-19-5-3-16(4-6-19)7-8-21/h3-6,9-10,18,23H,7,12-13H2,1-2H3. The average Bonchev–Trinajstić information content (AvgIpc) is 2.60. The van der Waals surface area contributed by atoms with Crippen molar-refractivity contribution in [1.82, 2.24) is 0 Å². The lowest BCUT2D eigenvalue weighted by Crippen LogP contribution is -2.25. The summed E-state index contributed by atoms with van der Waals surface area (Å²) in [6.07, 6.45) is -0.423. The summed E-state index contributed by atoms with van der Waals surface area (Å²) in [6.45, 7) is 3.94. The summed E-state index contributed by atoms with van der Waals surface area (Å²) < 4.78 is 11.2. The second kappa shape index (κ2) is 8.73. The summed E-state index contributed by atoms with van der Waals surface area (Å²) in [5.74, 6) is 1.31. The van der Waals surface area contributed by atoms with Crippen molar-refractivity contribution in [2.45, 2.75) is 26.4 Å². The third kappa shape index (κ3) is 5.24. The fourth-order valence-electron chi connectivity index (χ4n) is 2.46. The van der Waals surface area contributed by atoms with Crippen molar-refractivity contribution in [1.29, 1.82) is 10.5 Å². The highest BCUT2D eigenvalue weighted by atomic mass is 16.5. The van der Waals surface area contributed by atoms with Crippen LogP contribution in [0, 0.1) is 36.5 Å². The van der Waals surface area contributed by atoms with E-state index in [2.05, 4.69) is 12.1 Å². The van der Waals surface area contributed by atoms with E-state index in [-0.39, 0.29) is 13.2 Å². The van der Waals surface area contributed by atoms with Crippen LogP contribution in [0.3, 0.4) is 0 Å². The Morgan fingerprint density at radius 3 is 2.16 bits per heavy atom. The molecule has 0 aromatic heterocycles. The molecular formula is C20H20N2O3. The summed E-state index contributed by atoms with van der Waals surface area (Å²) >= 11 is 0. The monoisotopic (exact) mass is 336 g/mol. The molecule has 0 aliphatic heterocycles. The lowest BCUT2D eigenvalue weighted by atomic mass is 10.1. The van der Waals surface area contributed by atoms with Gasteiger partial charge in [0.05, 0.1) is 24.1 Å². The maximum atomic E-state index is 10.0. The first-order valence-electron chi connectivity index (χ1n) is 7.94. The quantitative estimate of drug-likeness (QED) is 0.840. The first-order valence-corrected chi connectivity index (χ1v) is 7.94. The molecule has 5 nitrogen and oxygen atoms in total. The molecule has 1 atom stereocenters. The molecule has 0 aliphatic rings. The van der Waals surface area contributed by atoms with E-state index in [9.17, 15) is 5.11 Å². The molecule has 0 spiro atoms. The first kappa shape index (κ1) is 18.3. The van der Waals surface area contributed by atoms with Crippen LogP contribution in [0.15, 0.2) is 36.4 Å². The molecule has 1 N–H and O–H groups in total. The predicted molar refractivity (Wildman–Crippen MR) is 93.4 cm³/mol. The predicted octanol–water partition coefficient (Wildman–Crippen LogP) is 3.06. The Morgan fingerprint density at radius 2 is 1.60 bits per heavy atom. The van der Waals surface area contributed by atoms with Gasteiger partial charge in [-0.15, -0.1) is 0 Å². The number of nitriles is 2.